The molecule has 3 atom stereocenters. The lowest BCUT2D eigenvalue weighted by Crippen LogP contribution is -2.48. The van der Waals surface area contributed by atoms with Crippen molar-refractivity contribution in [2.75, 3.05) is 24.5 Å². The van der Waals surface area contributed by atoms with Gasteiger partial charge in [-0.2, -0.15) is 0 Å². The number of anilines is 1. The van der Waals surface area contributed by atoms with Crippen LogP contribution in [0.25, 0.3) is 0 Å². The number of halogens is 2. The lowest BCUT2D eigenvalue weighted by molar-refractivity contribution is -0.141. The van der Waals surface area contributed by atoms with E-state index >= 15 is 0 Å². The van der Waals surface area contributed by atoms with E-state index in [4.69, 9.17) is 28.9 Å². The molecule has 2 N–H and O–H groups in total. The summed E-state index contributed by atoms with van der Waals surface area (Å²) in [5.41, 5.74) is 6.57. The Hall–Kier alpha value is -1.30. The second-order valence-electron chi connectivity index (χ2n) is 6.97. The summed E-state index contributed by atoms with van der Waals surface area (Å²) in [5, 5.41) is 0.971. The van der Waals surface area contributed by atoms with Gasteiger partial charge in [0.1, 0.15) is 5.92 Å². The number of likely N-dealkylation sites (tertiary alicyclic amines) is 1. The summed E-state index contributed by atoms with van der Waals surface area (Å²) in [6, 6.07) is 5.07. The second-order valence-corrected chi connectivity index (χ2v) is 7.82. The standard InChI is InChI=1S/C18H23Cl2N3O2/c1-11(21)12-3-2-7-22(10-12)17(24)14-6-8-23(18(14)25)16-9-13(19)4-5-15(16)20/h4-5,9,11-12,14H,2-3,6-8,10,21H2,1H3/t11-,12-,14+/m0/s1. The molecule has 2 heterocycles. The first-order valence-electron chi connectivity index (χ1n) is 8.69. The summed E-state index contributed by atoms with van der Waals surface area (Å²) in [6.07, 6.45) is 2.47. The van der Waals surface area contributed by atoms with Crippen LogP contribution >= 0.6 is 23.2 Å². The smallest absolute Gasteiger partial charge is 0.239 e. The minimum absolute atomic E-state index is 0.0524. The lowest BCUT2D eigenvalue weighted by Gasteiger charge is -2.35. The first kappa shape index (κ1) is 18.5. The van der Waals surface area contributed by atoms with E-state index in [0.717, 1.165) is 12.8 Å². The largest absolute Gasteiger partial charge is 0.342 e. The van der Waals surface area contributed by atoms with Crippen molar-refractivity contribution >= 4 is 40.7 Å². The Labute approximate surface area is 158 Å². The SMILES string of the molecule is C[C@H](N)[C@H]1CCCN(C(=O)[C@H]2CCN(c3cc(Cl)ccc3Cl)C2=O)C1. The zero-order valence-electron chi connectivity index (χ0n) is 14.3. The predicted octanol–water partition coefficient (Wildman–Crippen LogP) is 2.93. The number of carbonyl (C=O) groups is 2. The molecule has 0 aliphatic carbocycles. The summed E-state index contributed by atoms with van der Waals surface area (Å²) in [4.78, 5) is 29.1. The molecule has 2 aliphatic heterocycles. The number of piperidine rings is 1. The Bertz CT molecular complexity index is 680. The molecule has 2 saturated heterocycles. The normalized spacial score (nSPS) is 25.4. The van der Waals surface area contributed by atoms with E-state index in [1.54, 1.807) is 23.1 Å². The molecule has 25 heavy (non-hydrogen) atoms. The number of carbonyl (C=O) groups excluding carboxylic acids is 2. The molecule has 2 amide bonds. The van der Waals surface area contributed by atoms with Crippen molar-refractivity contribution in [3.05, 3.63) is 28.2 Å². The van der Waals surface area contributed by atoms with Gasteiger partial charge in [-0.1, -0.05) is 23.2 Å². The highest BCUT2D eigenvalue weighted by molar-refractivity contribution is 6.36. The van der Waals surface area contributed by atoms with Gasteiger partial charge in [-0.25, -0.2) is 0 Å². The van der Waals surface area contributed by atoms with Crippen LogP contribution in [0.15, 0.2) is 18.2 Å². The number of nitrogens with two attached hydrogens (primary N) is 1. The van der Waals surface area contributed by atoms with Crippen molar-refractivity contribution in [3.8, 4) is 0 Å². The summed E-state index contributed by atoms with van der Waals surface area (Å²) >= 11 is 12.2. The molecule has 0 unspecified atom stereocenters. The molecule has 1 aromatic carbocycles. The van der Waals surface area contributed by atoms with Gasteiger partial charge in [-0.15, -0.1) is 0 Å². The van der Waals surface area contributed by atoms with Crippen LogP contribution < -0.4 is 10.6 Å². The van der Waals surface area contributed by atoms with Crippen LogP contribution in [0.4, 0.5) is 5.69 Å². The fraction of sp³-hybridized carbons (Fsp3) is 0.556. The van der Waals surface area contributed by atoms with Gasteiger partial charge in [0.25, 0.3) is 0 Å². The molecule has 5 nitrogen and oxygen atoms in total. The van der Waals surface area contributed by atoms with Gasteiger partial charge in [-0.3, -0.25) is 9.59 Å². The quantitative estimate of drug-likeness (QED) is 0.815. The molecule has 1 aromatic rings. The van der Waals surface area contributed by atoms with E-state index < -0.39 is 5.92 Å². The molecule has 0 bridgehead atoms. The van der Waals surface area contributed by atoms with Gasteiger partial charge in [0.05, 0.1) is 10.7 Å². The van der Waals surface area contributed by atoms with Crippen LogP contribution in [-0.2, 0) is 9.59 Å². The van der Waals surface area contributed by atoms with E-state index in [1.165, 1.54) is 0 Å². The molecule has 0 spiro atoms. The number of rotatable bonds is 3. The first-order chi connectivity index (χ1) is 11.9. The summed E-state index contributed by atoms with van der Waals surface area (Å²) in [7, 11) is 0. The van der Waals surface area contributed by atoms with Crippen molar-refractivity contribution in [1.29, 1.82) is 0 Å². The zero-order chi connectivity index (χ0) is 18.1. The molecule has 0 saturated carbocycles. The van der Waals surface area contributed by atoms with Crippen LogP contribution in [-0.4, -0.2) is 42.4 Å². The Kier molecular flexibility index (Phi) is 5.56. The number of benzene rings is 1. The predicted molar refractivity (Wildman–Crippen MR) is 99.9 cm³/mol. The minimum atomic E-state index is -0.637. The maximum Gasteiger partial charge on any atom is 0.239 e. The van der Waals surface area contributed by atoms with E-state index in [1.807, 2.05) is 11.8 Å². The van der Waals surface area contributed by atoms with Gasteiger partial charge < -0.3 is 15.5 Å². The summed E-state index contributed by atoms with van der Waals surface area (Å²) in [5.74, 6) is -0.623. The Morgan fingerprint density at radius 2 is 2.04 bits per heavy atom. The first-order valence-corrected chi connectivity index (χ1v) is 9.45. The highest BCUT2D eigenvalue weighted by Gasteiger charge is 2.41. The maximum atomic E-state index is 12.9. The summed E-state index contributed by atoms with van der Waals surface area (Å²) in [6.45, 7) is 3.78. The van der Waals surface area contributed by atoms with Crippen LogP contribution in [0.3, 0.4) is 0 Å². The van der Waals surface area contributed by atoms with Crippen molar-refractivity contribution in [3.63, 3.8) is 0 Å². The third kappa shape index (κ3) is 3.78. The molecule has 136 valence electrons. The van der Waals surface area contributed by atoms with E-state index in [2.05, 4.69) is 0 Å². The average Bonchev–Trinajstić information content (AvgIpc) is 2.98. The molecule has 0 radical (unpaired) electrons. The second kappa shape index (κ2) is 7.52. The lowest BCUT2D eigenvalue weighted by atomic mass is 9.91. The highest BCUT2D eigenvalue weighted by Crippen LogP contribution is 2.34. The minimum Gasteiger partial charge on any atom is -0.342 e. The van der Waals surface area contributed by atoms with E-state index in [9.17, 15) is 9.59 Å². The van der Waals surface area contributed by atoms with Crippen molar-refractivity contribution in [1.82, 2.24) is 4.90 Å². The van der Waals surface area contributed by atoms with Gasteiger partial charge in [0.2, 0.25) is 11.8 Å². The monoisotopic (exact) mass is 383 g/mol. The third-order valence-corrected chi connectivity index (χ3v) is 5.77. The molecular formula is C18H23Cl2N3O2. The number of hydrogen-bond donors (Lipinski definition) is 1. The van der Waals surface area contributed by atoms with Gasteiger partial charge in [-0.05, 0) is 50.3 Å². The van der Waals surface area contributed by atoms with E-state index in [-0.39, 0.29) is 17.9 Å². The van der Waals surface area contributed by atoms with Gasteiger partial charge in [0, 0.05) is 30.7 Å². The van der Waals surface area contributed by atoms with Gasteiger partial charge in [0.15, 0.2) is 0 Å². The Morgan fingerprint density at radius 3 is 2.76 bits per heavy atom. The molecule has 0 aromatic heterocycles. The number of amides is 2. The van der Waals surface area contributed by atoms with Crippen molar-refractivity contribution in [2.24, 2.45) is 17.6 Å². The van der Waals surface area contributed by atoms with Gasteiger partial charge >= 0.3 is 0 Å². The number of hydrogen-bond acceptors (Lipinski definition) is 3. The number of nitrogens with zero attached hydrogens (tertiary/aromatic N) is 2. The fourth-order valence-corrected chi connectivity index (χ4v) is 4.09. The highest BCUT2D eigenvalue weighted by atomic mass is 35.5. The Morgan fingerprint density at radius 1 is 1.28 bits per heavy atom. The molecule has 2 fully saturated rings. The van der Waals surface area contributed by atoms with Crippen LogP contribution in [0.1, 0.15) is 26.2 Å². The molecule has 7 heteroatoms. The summed E-state index contributed by atoms with van der Waals surface area (Å²) < 4.78 is 0. The van der Waals surface area contributed by atoms with Crippen molar-refractivity contribution < 1.29 is 9.59 Å². The van der Waals surface area contributed by atoms with Crippen molar-refractivity contribution in [2.45, 2.75) is 32.2 Å². The third-order valence-electron chi connectivity index (χ3n) is 5.22. The molecule has 2 aliphatic rings. The van der Waals surface area contributed by atoms with Crippen LogP contribution in [0, 0.1) is 11.8 Å². The van der Waals surface area contributed by atoms with Crippen LogP contribution in [0.2, 0.25) is 10.0 Å². The average molecular weight is 384 g/mol. The fourth-order valence-electron chi connectivity index (χ4n) is 3.70. The zero-order valence-corrected chi connectivity index (χ0v) is 15.8. The van der Waals surface area contributed by atoms with E-state index in [0.29, 0.717) is 47.7 Å². The topological polar surface area (TPSA) is 66.6 Å². The maximum absolute atomic E-state index is 12.9. The van der Waals surface area contributed by atoms with Crippen LogP contribution in [0.5, 0.6) is 0 Å². The molecular weight excluding hydrogens is 361 g/mol. The molecule has 3 rings (SSSR count). The Balaban J connectivity index is 1.73.